The second kappa shape index (κ2) is 10.7. The van der Waals surface area contributed by atoms with E-state index in [0.717, 1.165) is 24.0 Å². The fraction of sp³-hybridized carbons (Fsp3) is 0.556. The van der Waals surface area contributed by atoms with E-state index in [9.17, 15) is 24.3 Å². The molecule has 0 radical (unpaired) electrons. The number of aliphatic carboxylic acids is 1. The van der Waals surface area contributed by atoms with E-state index in [1.807, 2.05) is 107 Å². The average Bonchev–Trinajstić information content (AvgIpc) is 3.91. The second-order valence-corrected chi connectivity index (χ2v) is 14.7. The summed E-state index contributed by atoms with van der Waals surface area (Å²) in [7, 11) is 0. The van der Waals surface area contributed by atoms with Crippen LogP contribution in [0.2, 0.25) is 0 Å². The zero-order valence-corrected chi connectivity index (χ0v) is 27.1. The van der Waals surface area contributed by atoms with Gasteiger partial charge in [0.25, 0.3) is 0 Å². The van der Waals surface area contributed by atoms with Crippen molar-refractivity contribution in [3.05, 3.63) is 71.8 Å². The monoisotopic (exact) mass is 602 g/mol. The highest BCUT2D eigenvalue weighted by Gasteiger charge is 2.73. The molecule has 2 spiro atoms. The van der Waals surface area contributed by atoms with Crippen LogP contribution in [0.1, 0.15) is 97.4 Å². The van der Waals surface area contributed by atoms with E-state index in [2.05, 4.69) is 0 Å². The molecule has 1 N–H and O–H groups in total. The maximum atomic E-state index is 13.1. The summed E-state index contributed by atoms with van der Waals surface area (Å²) < 4.78 is 5.66. The van der Waals surface area contributed by atoms with Gasteiger partial charge in [-0.2, -0.15) is 0 Å². The molecule has 0 unspecified atom stereocenters. The van der Waals surface area contributed by atoms with Gasteiger partial charge in [0, 0.05) is 13.1 Å². The molecule has 236 valence electrons. The Balaban J connectivity index is 0.000000177. The molecule has 6 rings (SSSR count). The largest absolute Gasteiger partial charge is 0.481 e. The molecule has 0 bridgehead atoms. The molecule has 2 saturated carbocycles. The molecule has 2 aliphatic carbocycles. The van der Waals surface area contributed by atoms with Gasteiger partial charge in [-0.1, -0.05) is 60.7 Å². The number of benzene rings is 2. The highest BCUT2D eigenvalue weighted by atomic mass is 16.6. The first kappa shape index (κ1) is 31.7. The summed E-state index contributed by atoms with van der Waals surface area (Å²) in [5.74, 6) is -0.985. The van der Waals surface area contributed by atoms with Gasteiger partial charge in [-0.3, -0.25) is 19.2 Å². The molecule has 4 fully saturated rings. The third-order valence-corrected chi connectivity index (χ3v) is 10.7. The molecule has 2 aromatic carbocycles. The summed E-state index contributed by atoms with van der Waals surface area (Å²) in [6.45, 7) is 14.0. The molecule has 8 nitrogen and oxygen atoms in total. The Labute approximate surface area is 260 Å². The minimum Gasteiger partial charge on any atom is -0.481 e. The van der Waals surface area contributed by atoms with E-state index < -0.39 is 33.2 Å². The number of esters is 1. The third-order valence-electron chi connectivity index (χ3n) is 10.7. The van der Waals surface area contributed by atoms with E-state index in [-0.39, 0.29) is 29.9 Å². The molecule has 0 aromatic heterocycles. The smallest absolute Gasteiger partial charge is 0.315 e. The van der Waals surface area contributed by atoms with Gasteiger partial charge < -0.3 is 19.6 Å². The number of carbonyl (C=O) groups excluding carboxylic acids is 3. The molecular formula is C36H46N2O6. The number of carbonyl (C=O) groups is 4. The normalized spacial score (nSPS) is 27.5. The van der Waals surface area contributed by atoms with Gasteiger partial charge >= 0.3 is 11.9 Å². The fourth-order valence-electron chi connectivity index (χ4n) is 7.30. The van der Waals surface area contributed by atoms with Gasteiger partial charge in [-0.25, -0.2) is 0 Å². The maximum Gasteiger partial charge on any atom is 0.315 e. The maximum absolute atomic E-state index is 13.1. The first-order chi connectivity index (χ1) is 20.5. The van der Waals surface area contributed by atoms with Crippen LogP contribution in [0.4, 0.5) is 0 Å². The molecule has 2 amide bonds. The molecule has 4 aliphatic rings. The van der Waals surface area contributed by atoms with Gasteiger partial charge in [-0.05, 0) is 85.3 Å². The number of amides is 2. The Kier molecular flexibility index (Phi) is 7.75. The predicted molar refractivity (Wildman–Crippen MR) is 166 cm³/mol. The quantitative estimate of drug-likeness (QED) is 0.396. The third kappa shape index (κ3) is 5.00. The highest BCUT2D eigenvalue weighted by molar-refractivity contribution is 5.98. The van der Waals surface area contributed by atoms with Crippen LogP contribution in [-0.2, 0) is 23.9 Å². The molecule has 8 heteroatoms. The lowest BCUT2D eigenvalue weighted by atomic mass is 9.76. The van der Waals surface area contributed by atoms with Crippen LogP contribution in [-0.4, -0.2) is 57.3 Å². The molecular weight excluding hydrogens is 556 g/mol. The zero-order valence-electron chi connectivity index (χ0n) is 27.1. The number of ether oxygens (including phenoxy) is 1. The Morgan fingerprint density at radius 2 is 1.09 bits per heavy atom. The van der Waals surface area contributed by atoms with Crippen LogP contribution in [0.15, 0.2) is 60.7 Å². The molecule has 2 aromatic rings. The van der Waals surface area contributed by atoms with Crippen LogP contribution in [0.5, 0.6) is 0 Å². The van der Waals surface area contributed by atoms with Crippen molar-refractivity contribution < 1.29 is 29.0 Å². The topological polar surface area (TPSA) is 104 Å². The average molecular weight is 603 g/mol. The van der Waals surface area contributed by atoms with Gasteiger partial charge in [0.1, 0.15) is 5.60 Å². The number of hydrogen-bond acceptors (Lipinski definition) is 5. The standard InChI is InChI=1S/C20H27NO3.C16H19NO3/c1-14(15-9-7-6-8-10-15)21-13-19(5,17(23)24-18(2,3)4)20(11-12-20)16(21)22;1-11(12-6-4-3-5-7-12)17-10-15(2,14(19)20)16(8-9-16)13(17)18/h6-10,14H,11-13H2,1-5H3;3-7,11H,8-10H2,1-2H3,(H,19,20)/t14-,19+;11-,15+/m11/s1. The van der Waals surface area contributed by atoms with Crippen LogP contribution in [0, 0.1) is 21.7 Å². The van der Waals surface area contributed by atoms with Crippen LogP contribution >= 0.6 is 0 Å². The van der Waals surface area contributed by atoms with Crippen molar-refractivity contribution in [1.82, 2.24) is 9.80 Å². The van der Waals surface area contributed by atoms with Crippen molar-refractivity contribution in [2.24, 2.45) is 21.7 Å². The summed E-state index contributed by atoms with van der Waals surface area (Å²) in [6.07, 6.45) is 2.96. The summed E-state index contributed by atoms with van der Waals surface area (Å²) in [6, 6.07) is 19.6. The Hall–Kier alpha value is -3.68. The Morgan fingerprint density at radius 1 is 0.727 bits per heavy atom. The van der Waals surface area contributed by atoms with E-state index in [4.69, 9.17) is 4.74 Å². The number of nitrogens with zero attached hydrogens (tertiary/aromatic N) is 2. The SMILES string of the molecule is C[C@H](c1ccccc1)N1C[C@@](C)(C(=O)O)C2(CC2)C1=O.C[C@H](c1ccccc1)N1C[C@@](C)(C(=O)OC(C)(C)C)C2(CC2)C1=O. The predicted octanol–water partition coefficient (Wildman–Crippen LogP) is 6.18. The minimum atomic E-state index is -0.951. The summed E-state index contributed by atoms with van der Waals surface area (Å²) >= 11 is 0. The summed E-state index contributed by atoms with van der Waals surface area (Å²) in [4.78, 5) is 53.9. The van der Waals surface area contributed by atoms with Gasteiger partial charge in [0.15, 0.2) is 0 Å². The van der Waals surface area contributed by atoms with Crippen molar-refractivity contribution in [2.75, 3.05) is 13.1 Å². The van der Waals surface area contributed by atoms with Crippen LogP contribution in [0.3, 0.4) is 0 Å². The van der Waals surface area contributed by atoms with Crippen molar-refractivity contribution >= 4 is 23.8 Å². The van der Waals surface area contributed by atoms with Crippen molar-refractivity contribution in [3.63, 3.8) is 0 Å². The lowest BCUT2D eigenvalue weighted by molar-refractivity contribution is -0.170. The lowest BCUT2D eigenvalue weighted by Gasteiger charge is -2.31. The summed E-state index contributed by atoms with van der Waals surface area (Å²) in [5, 5.41) is 9.56. The Bertz CT molecular complexity index is 1440. The van der Waals surface area contributed by atoms with Crippen LogP contribution < -0.4 is 0 Å². The zero-order chi connectivity index (χ0) is 32.3. The Morgan fingerprint density at radius 3 is 1.41 bits per heavy atom. The molecule has 2 aliphatic heterocycles. The lowest BCUT2D eigenvalue weighted by Crippen LogP contribution is -2.42. The van der Waals surface area contributed by atoms with Crippen molar-refractivity contribution in [1.29, 1.82) is 0 Å². The van der Waals surface area contributed by atoms with Gasteiger partial charge in [-0.15, -0.1) is 0 Å². The van der Waals surface area contributed by atoms with Crippen LogP contribution in [0.25, 0.3) is 0 Å². The fourth-order valence-corrected chi connectivity index (χ4v) is 7.30. The van der Waals surface area contributed by atoms with E-state index >= 15 is 0 Å². The number of carboxylic acid groups (broad SMARTS) is 1. The number of likely N-dealkylation sites (tertiary alicyclic amines) is 2. The first-order valence-corrected chi connectivity index (χ1v) is 15.7. The van der Waals surface area contributed by atoms with E-state index in [1.54, 1.807) is 11.8 Å². The molecule has 44 heavy (non-hydrogen) atoms. The molecule has 2 saturated heterocycles. The number of carboxylic acids is 1. The van der Waals surface area contributed by atoms with Crippen molar-refractivity contribution in [2.45, 2.75) is 91.8 Å². The minimum absolute atomic E-state index is 0.0127. The highest BCUT2D eigenvalue weighted by Crippen LogP contribution is 2.66. The van der Waals surface area contributed by atoms with E-state index in [0.29, 0.717) is 25.9 Å². The number of hydrogen-bond donors (Lipinski definition) is 1. The molecule has 2 heterocycles. The van der Waals surface area contributed by atoms with Crippen molar-refractivity contribution in [3.8, 4) is 0 Å². The van der Waals surface area contributed by atoms with Gasteiger partial charge in [0.2, 0.25) is 11.8 Å². The second-order valence-electron chi connectivity index (χ2n) is 14.7. The van der Waals surface area contributed by atoms with Gasteiger partial charge in [0.05, 0.1) is 33.7 Å². The first-order valence-electron chi connectivity index (χ1n) is 15.7. The number of rotatable bonds is 6. The molecule has 4 atom stereocenters. The summed E-state index contributed by atoms with van der Waals surface area (Å²) in [5.41, 5.74) is -1.33. The van der Waals surface area contributed by atoms with E-state index in [1.165, 1.54) is 0 Å².